The summed E-state index contributed by atoms with van der Waals surface area (Å²) in [5.41, 5.74) is 1.36. The average molecular weight is 539 g/mol. The van der Waals surface area contributed by atoms with Crippen molar-refractivity contribution in [2.75, 3.05) is 43.9 Å². The Bertz CT molecular complexity index is 1200. The topological polar surface area (TPSA) is 108 Å². The van der Waals surface area contributed by atoms with Crippen LogP contribution in [0, 0.1) is 6.92 Å². The number of anilines is 2. The number of hydrogen-bond donors (Lipinski definition) is 2. The maximum absolute atomic E-state index is 12.9. The van der Waals surface area contributed by atoms with Crippen molar-refractivity contribution in [1.29, 1.82) is 0 Å². The molecule has 12 heteroatoms. The van der Waals surface area contributed by atoms with Crippen molar-refractivity contribution in [3.05, 3.63) is 40.3 Å². The van der Waals surface area contributed by atoms with Crippen LogP contribution in [0.2, 0.25) is 0 Å². The normalized spacial score (nSPS) is 13.9. The van der Waals surface area contributed by atoms with Gasteiger partial charge in [-0.05, 0) is 75.7 Å². The molecule has 2 N–H and O–H groups in total. The highest BCUT2D eigenvalue weighted by Crippen LogP contribution is 2.35. The number of hydrogen-bond acceptors (Lipinski definition) is 7. The number of thiophene rings is 1. The maximum Gasteiger partial charge on any atom is 0.341 e. The van der Waals surface area contributed by atoms with Crippen LogP contribution < -0.4 is 10.6 Å². The van der Waals surface area contributed by atoms with Crippen molar-refractivity contribution in [3.8, 4) is 0 Å². The molecular weight excluding hydrogens is 508 g/mol. The number of thiocarbonyl (C=S) groups is 1. The van der Waals surface area contributed by atoms with Crippen LogP contribution in [0.25, 0.3) is 0 Å². The molecule has 1 aliphatic heterocycles. The number of nitrogens with zero attached hydrogens (tertiary/aromatic N) is 2. The van der Waals surface area contributed by atoms with Gasteiger partial charge in [-0.1, -0.05) is 0 Å². The number of sulfonamides is 1. The molecule has 0 aliphatic carbocycles. The summed E-state index contributed by atoms with van der Waals surface area (Å²) in [6.45, 7) is 7.67. The summed E-state index contributed by atoms with van der Waals surface area (Å²) in [7, 11) is -2.22. The largest absolute Gasteiger partial charge is 0.465 e. The summed E-state index contributed by atoms with van der Waals surface area (Å²) in [5, 5.41) is 6.58. The lowest BCUT2D eigenvalue weighted by Crippen LogP contribution is -2.30. The van der Waals surface area contributed by atoms with Gasteiger partial charge >= 0.3 is 5.97 Å². The highest BCUT2D eigenvalue weighted by Gasteiger charge is 2.28. The first-order valence-electron chi connectivity index (χ1n) is 11.3. The Labute approximate surface area is 215 Å². The van der Waals surface area contributed by atoms with E-state index in [4.69, 9.17) is 17.0 Å². The number of ether oxygens (including phenoxy) is 1. The molecule has 9 nitrogen and oxygen atoms in total. The Morgan fingerprint density at radius 3 is 2.26 bits per heavy atom. The van der Waals surface area contributed by atoms with Crippen molar-refractivity contribution < 1.29 is 22.7 Å². The fourth-order valence-corrected chi connectivity index (χ4v) is 6.83. The first kappa shape index (κ1) is 27.1. The second-order valence-corrected chi connectivity index (χ2v) is 11.3. The number of methoxy groups -OCH3 is 1. The summed E-state index contributed by atoms with van der Waals surface area (Å²) in [6, 6.07) is 6.34. The summed E-state index contributed by atoms with van der Waals surface area (Å²) in [6.07, 6.45) is 1.74. The third-order valence-electron chi connectivity index (χ3n) is 5.82. The molecule has 1 aliphatic rings. The summed E-state index contributed by atoms with van der Waals surface area (Å²) >= 11 is 6.56. The van der Waals surface area contributed by atoms with Crippen LogP contribution in [0.3, 0.4) is 0 Å². The van der Waals surface area contributed by atoms with E-state index < -0.39 is 16.0 Å². The minimum Gasteiger partial charge on any atom is -0.465 e. The van der Waals surface area contributed by atoms with Crippen LogP contribution in [0.15, 0.2) is 29.2 Å². The van der Waals surface area contributed by atoms with E-state index in [-0.39, 0.29) is 21.5 Å². The molecule has 1 aromatic heterocycles. The van der Waals surface area contributed by atoms with Crippen molar-refractivity contribution in [1.82, 2.24) is 9.21 Å². The van der Waals surface area contributed by atoms with Gasteiger partial charge in [-0.3, -0.25) is 4.79 Å². The summed E-state index contributed by atoms with van der Waals surface area (Å²) in [5.74, 6) is -0.733. The van der Waals surface area contributed by atoms with Crippen LogP contribution >= 0.6 is 23.6 Å². The van der Waals surface area contributed by atoms with E-state index in [1.54, 1.807) is 24.0 Å². The van der Waals surface area contributed by atoms with E-state index in [0.717, 1.165) is 24.2 Å². The molecule has 3 rings (SSSR count). The Morgan fingerprint density at radius 2 is 1.71 bits per heavy atom. The molecule has 0 spiro atoms. The first-order valence-corrected chi connectivity index (χ1v) is 14.0. The molecule has 1 amide bonds. The van der Waals surface area contributed by atoms with Gasteiger partial charge in [0.1, 0.15) is 5.00 Å². The van der Waals surface area contributed by atoms with Gasteiger partial charge in [0, 0.05) is 31.9 Å². The highest BCUT2D eigenvalue weighted by atomic mass is 32.2. The molecular formula is C23H30N4O5S3. The minimum absolute atomic E-state index is 0.163. The van der Waals surface area contributed by atoms with Gasteiger partial charge in [0.2, 0.25) is 10.0 Å². The monoisotopic (exact) mass is 538 g/mol. The third kappa shape index (κ3) is 5.83. The van der Waals surface area contributed by atoms with Crippen LogP contribution in [-0.2, 0) is 14.8 Å². The highest BCUT2D eigenvalue weighted by molar-refractivity contribution is 7.89. The Morgan fingerprint density at radius 1 is 1.11 bits per heavy atom. The molecule has 190 valence electrons. The van der Waals surface area contributed by atoms with Crippen LogP contribution in [0.1, 0.15) is 52.3 Å². The first-order chi connectivity index (χ1) is 16.6. The zero-order valence-corrected chi connectivity index (χ0v) is 22.7. The van der Waals surface area contributed by atoms with E-state index >= 15 is 0 Å². The van der Waals surface area contributed by atoms with Gasteiger partial charge in [-0.25, -0.2) is 13.2 Å². The lowest BCUT2D eigenvalue weighted by molar-refractivity contribution is 0.0601. The van der Waals surface area contributed by atoms with Gasteiger partial charge in [-0.2, -0.15) is 4.31 Å². The molecule has 2 heterocycles. The van der Waals surface area contributed by atoms with Gasteiger partial charge in [-0.15, -0.1) is 11.3 Å². The summed E-state index contributed by atoms with van der Waals surface area (Å²) in [4.78, 5) is 27.8. The number of nitrogens with one attached hydrogen (secondary N) is 2. The van der Waals surface area contributed by atoms with Crippen molar-refractivity contribution >= 4 is 61.3 Å². The lowest BCUT2D eigenvalue weighted by Gasteiger charge is -2.18. The van der Waals surface area contributed by atoms with Gasteiger partial charge in [0.05, 0.1) is 22.4 Å². The van der Waals surface area contributed by atoms with Crippen LogP contribution in [-0.4, -0.2) is 67.9 Å². The lowest BCUT2D eigenvalue weighted by atomic mass is 10.1. The SMILES string of the molecule is CCN(CC)C(=O)c1sc(NC(=S)Nc2ccc(S(=O)(=O)N3CCCC3)cc2)c(C(=O)OC)c1C. The molecule has 1 fully saturated rings. The molecule has 1 saturated heterocycles. The van der Waals surface area contributed by atoms with Crippen molar-refractivity contribution in [2.45, 2.75) is 38.5 Å². The minimum atomic E-state index is -3.50. The number of carbonyl (C=O) groups is 2. The summed E-state index contributed by atoms with van der Waals surface area (Å²) < 4.78 is 31.8. The number of benzene rings is 1. The number of carbonyl (C=O) groups excluding carboxylic acids is 2. The second kappa shape index (κ2) is 11.5. The number of rotatable bonds is 8. The number of amides is 1. The van der Waals surface area contributed by atoms with Crippen LogP contribution in [0.5, 0.6) is 0 Å². The zero-order valence-electron chi connectivity index (χ0n) is 20.2. The molecule has 0 bridgehead atoms. The smallest absolute Gasteiger partial charge is 0.341 e. The van der Waals surface area contributed by atoms with E-state index in [0.29, 0.717) is 47.3 Å². The molecule has 1 aromatic carbocycles. The van der Waals surface area contributed by atoms with E-state index in [1.165, 1.54) is 23.5 Å². The predicted octanol–water partition coefficient (Wildman–Crippen LogP) is 3.92. The molecule has 0 radical (unpaired) electrons. The predicted molar refractivity (Wildman–Crippen MR) is 142 cm³/mol. The van der Waals surface area contributed by atoms with Crippen LogP contribution in [0.4, 0.5) is 10.7 Å². The fraction of sp³-hybridized carbons (Fsp3) is 0.435. The molecule has 2 aromatic rings. The van der Waals surface area contributed by atoms with E-state index in [9.17, 15) is 18.0 Å². The van der Waals surface area contributed by atoms with Crippen molar-refractivity contribution in [3.63, 3.8) is 0 Å². The standard InChI is InChI=1S/C23H30N4O5S3/c1-5-26(6-2)21(28)19-15(3)18(22(29)32-4)20(34-19)25-23(33)24-16-9-11-17(12-10-16)35(30,31)27-13-7-8-14-27/h9-12H,5-8,13-14H2,1-4H3,(H2,24,25,33). The molecule has 0 unspecified atom stereocenters. The van der Waals surface area contributed by atoms with Gasteiger partial charge in [0.25, 0.3) is 5.91 Å². The third-order valence-corrected chi connectivity index (χ3v) is 9.14. The zero-order chi connectivity index (χ0) is 25.8. The van der Waals surface area contributed by atoms with Crippen molar-refractivity contribution in [2.24, 2.45) is 0 Å². The van der Waals surface area contributed by atoms with Gasteiger partial charge < -0.3 is 20.3 Å². The Kier molecular flexibility index (Phi) is 8.86. The van der Waals surface area contributed by atoms with E-state index in [2.05, 4.69) is 10.6 Å². The van der Waals surface area contributed by atoms with Gasteiger partial charge in [0.15, 0.2) is 5.11 Å². The quantitative estimate of drug-likeness (QED) is 0.385. The Hall–Kier alpha value is -2.54. The van der Waals surface area contributed by atoms with E-state index in [1.807, 2.05) is 13.8 Å². The molecule has 0 atom stereocenters. The Balaban J connectivity index is 1.78. The second-order valence-electron chi connectivity index (χ2n) is 7.94. The fourth-order valence-electron chi connectivity index (χ4n) is 3.86. The number of esters is 1. The molecule has 0 saturated carbocycles. The average Bonchev–Trinajstić information content (AvgIpc) is 3.49. The molecule has 35 heavy (non-hydrogen) atoms. The maximum atomic E-state index is 12.9.